The molecule has 4 heteroatoms. The monoisotopic (exact) mass is 200 g/mol. The van der Waals surface area contributed by atoms with Crippen LogP contribution in [0.5, 0.6) is 0 Å². The van der Waals surface area contributed by atoms with Gasteiger partial charge in [0.15, 0.2) is 0 Å². The van der Waals surface area contributed by atoms with Crippen LogP contribution in [0.3, 0.4) is 0 Å². The van der Waals surface area contributed by atoms with Gasteiger partial charge in [0.05, 0.1) is 0 Å². The van der Waals surface area contributed by atoms with Gasteiger partial charge >= 0.3 is 7.12 Å². The van der Waals surface area contributed by atoms with Crippen LogP contribution in [0.1, 0.15) is 17.5 Å². The minimum atomic E-state index is -1.52. The van der Waals surface area contributed by atoms with Crippen LogP contribution in [0.4, 0.5) is 0 Å². The second-order valence-electron chi connectivity index (χ2n) is 3.37. The molecule has 0 atom stereocenters. The molecule has 0 aromatic heterocycles. The standard InChI is InChI=1S/C11H9BO3/c13-7-8-3-1-5-10-9(8)4-2-6-11(10)12(14)15/h1-2,4-6,14-15H,3H2. The fourth-order valence-corrected chi connectivity index (χ4v) is 1.76. The highest BCUT2D eigenvalue weighted by atomic mass is 16.4. The summed E-state index contributed by atoms with van der Waals surface area (Å²) >= 11 is 0. The van der Waals surface area contributed by atoms with Crippen LogP contribution in [-0.4, -0.2) is 23.1 Å². The molecule has 0 saturated heterocycles. The van der Waals surface area contributed by atoms with Crippen LogP contribution < -0.4 is 5.46 Å². The highest BCUT2D eigenvalue weighted by molar-refractivity contribution is 6.59. The summed E-state index contributed by atoms with van der Waals surface area (Å²) in [5, 5.41) is 18.3. The Labute approximate surface area is 87.5 Å². The zero-order chi connectivity index (χ0) is 10.8. The van der Waals surface area contributed by atoms with E-state index in [1.165, 1.54) is 0 Å². The second kappa shape index (κ2) is 3.87. The molecule has 2 rings (SSSR count). The van der Waals surface area contributed by atoms with E-state index in [4.69, 9.17) is 10.0 Å². The van der Waals surface area contributed by atoms with E-state index < -0.39 is 7.12 Å². The third-order valence-corrected chi connectivity index (χ3v) is 2.47. The predicted octanol–water partition coefficient (Wildman–Crippen LogP) is -0.00170. The van der Waals surface area contributed by atoms with Crippen molar-refractivity contribution in [2.24, 2.45) is 0 Å². The Bertz CT molecular complexity index is 471. The summed E-state index contributed by atoms with van der Waals surface area (Å²) in [6, 6.07) is 5.11. The van der Waals surface area contributed by atoms with Gasteiger partial charge < -0.3 is 10.0 Å². The minimum absolute atomic E-state index is 0.413. The van der Waals surface area contributed by atoms with E-state index in [9.17, 15) is 4.79 Å². The highest BCUT2D eigenvalue weighted by Gasteiger charge is 2.20. The molecule has 1 aromatic rings. The second-order valence-corrected chi connectivity index (χ2v) is 3.37. The topological polar surface area (TPSA) is 57.5 Å². The first-order valence-corrected chi connectivity index (χ1v) is 4.64. The number of hydrogen-bond donors (Lipinski definition) is 2. The molecule has 3 nitrogen and oxygen atoms in total. The smallest absolute Gasteiger partial charge is 0.423 e. The molecule has 15 heavy (non-hydrogen) atoms. The number of hydrogen-bond acceptors (Lipinski definition) is 3. The summed E-state index contributed by atoms with van der Waals surface area (Å²) in [5.41, 5.74) is 2.39. The maximum atomic E-state index is 10.7. The van der Waals surface area contributed by atoms with Crippen molar-refractivity contribution in [3.8, 4) is 0 Å². The van der Waals surface area contributed by atoms with Crippen molar-refractivity contribution in [2.45, 2.75) is 6.42 Å². The van der Waals surface area contributed by atoms with Crippen LogP contribution >= 0.6 is 0 Å². The average molecular weight is 200 g/mol. The molecule has 0 bridgehead atoms. The number of fused-ring (bicyclic) bond motifs is 1. The zero-order valence-corrected chi connectivity index (χ0v) is 7.97. The van der Waals surface area contributed by atoms with Gasteiger partial charge in [0.25, 0.3) is 0 Å². The summed E-state index contributed by atoms with van der Waals surface area (Å²) in [7, 11) is -1.52. The Kier molecular flexibility index (Phi) is 2.56. The van der Waals surface area contributed by atoms with Gasteiger partial charge in [0, 0.05) is 12.0 Å². The summed E-state index contributed by atoms with van der Waals surface area (Å²) < 4.78 is 0. The molecule has 0 aliphatic heterocycles. The van der Waals surface area contributed by atoms with Crippen molar-refractivity contribution < 1.29 is 14.8 Å². The molecule has 0 fully saturated rings. The Morgan fingerprint density at radius 2 is 2.13 bits per heavy atom. The van der Waals surface area contributed by atoms with Gasteiger partial charge in [-0.2, -0.15) is 0 Å². The summed E-state index contributed by atoms with van der Waals surface area (Å²) in [5.74, 6) is 1.88. The number of carbonyl (C=O) groups excluding carboxylic acids is 1. The molecule has 0 saturated carbocycles. The molecule has 0 heterocycles. The SMILES string of the molecule is O=C=C1CC=Cc2c(B(O)O)cccc21. The lowest BCUT2D eigenvalue weighted by molar-refractivity contribution is 0.425. The molecule has 0 spiro atoms. The zero-order valence-electron chi connectivity index (χ0n) is 7.97. The number of rotatable bonds is 1. The van der Waals surface area contributed by atoms with E-state index in [0.29, 0.717) is 23.0 Å². The van der Waals surface area contributed by atoms with Gasteiger partial charge in [-0.05, 0) is 16.6 Å². The van der Waals surface area contributed by atoms with Crippen LogP contribution in [0, 0.1) is 0 Å². The Morgan fingerprint density at radius 1 is 1.33 bits per heavy atom. The van der Waals surface area contributed by atoms with Gasteiger partial charge in [0.1, 0.15) is 5.94 Å². The van der Waals surface area contributed by atoms with Crippen molar-refractivity contribution in [2.75, 3.05) is 0 Å². The lowest BCUT2D eigenvalue weighted by Crippen LogP contribution is -2.33. The number of allylic oxidation sites excluding steroid dienone is 2. The molecule has 0 radical (unpaired) electrons. The average Bonchev–Trinajstić information content (AvgIpc) is 2.27. The molecule has 74 valence electrons. The lowest BCUT2D eigenvalue weighted by Gasteiger charge is -2.14. The largest absolute Gasteiger partial charge is 0.489 e. The first-order valence-electron chi connectivity index (χ1n) is 4.64. The first kappa shape index (κ1) is 9.93. The Balaban J connectivity index is 2.68. The quantitative estimate of drug-likeness (QED) is 0.495. The normalized spacial score (nSPS) is 13.3. The van der Waals surface area contributed by atoms with Crippen molar-refractivity contribution >= 4 is 30.2 Å². The van der Waals surface area contributed by atoms with Crippen molar-refractivity contribution in [1.82, 2.24) is 0 Å². The first-order chi connectivity index (χ1) is 7.24. The van der Waals surface area contributed by atoms with E-state index >= 15 is 0 Å². The molecule has 0 unspecified atom stereocenters. The van der Waals surface area contributed by atoms with Crippen molar-refractivity contribution in [3.05, 3.63) is 35.4 Å². The summed E-state index contributed by atoms with van der Waals surface area (Å²) in [4.78, 5) is 10.7. The Morgan fingerprint density at radius 3 is 2.80 bits per heavy atom. The number of benzene rings is 1. The third-order valence-electron chi connectivity index (χ3n) is 2.47. The van der Waals surface area contributed by atoms with Gasteiger partial charge in [-0.3, -0.25) is 0 Å². The van der Waals surface area contributed by atoms with E-state index in [0.717, 1.165) is 5.56 Å². The molecule has 1 aliphatic carbocycles. The lowest BCUT2D eigenvalue weighted by atomic mass is 9.73. The molecule has 0 amide bonds. The van der Waals surface area contributed by atoms with Gasteiger partial charge in [0.2, 0.25) is 0 Å². The minimum Gasteiger partial charge on any atom is -0.423 e. The van der Waals surface area contributed by atoms with Gasteiger partial charge in [-0.25, -0.2) is 4.79 Å². The van der Waals surface area contributed by atoms with E-state index in [1.807, 2.05) is 12.0 Å². The van der Waals surface area contributed by atoms with Crippen LogP contribution in [0.25, 0.3) is 11.6 Å². The fraction of sp³-hybridized carbons (Fsp3) is 0.0909. The van der Waals surface area contributed by atoms with E-state index in [-0.39, 0.29) is 0 Å². The maximum Gasteiger partial charge on any atom is 0.489 e. The molecule has 1 aliphatic rings. The molecular formula is C11H9BO3. The highest BCUT2D eigenvalue weighted by Crippen LogP contribution is 2.25. The Hall–Kier alpha value is -1.61. The van der Waals surface area contributed by atoms with Crippen LogP contribution in [0.2, 0.25) is 0 Å². The van der Waals surface area contributed by atoms with E-state index in [2.05, 4.69) is 0 Å². The van der Waals surface area contributed by atoms with Crippen molar-refractivity contribution in [3.63, 3.8) is 0 Å². The fourth-order valence-electron chi connectivity index (χ4n) is 1.76. The van der Waals surface area contributed by atoms with Gasteiger partial charge in [-0.1, -0.05) is 30.4 Å². The predicted molar refractivity (Wildman–Crippen MR) is 59.0 cm³/mol. The van der Waals surface area contributed by atoms with E-state index in [1.54, 1.807) is 24.3 Å². The molecular weight excluding hydrogens is 191 g/mol. The summed E-state index contributed by atoms with van der Waals surface area (Å²) in [6.45, 7) is 0. The summed E-state index contributed by atoms with van der Waals surface area (Å²) in [6.07, 6.45) is 4.15. The van der Waals surface area contributed by atoms with Gasteiger partial charge in [-0.15, -0.1) is 0 Å². The van der Waals surface area contributed by atoms with Crippen LogP contribution in [-0.2, 0) is 4.79 Å². The van der Waals surface area contributed by atoms with Crippen molar-refractivity contribution in [1.29, 1.82) is 0 Å². The molecule has 1 aromatic carbocycles. The molecule has 2 N–H and O–H groups in total. The van der Waals surface area contributed by atoms with Crippen LogP contribution in [0.15, 0.2) is 24.3 Å². The maximum absolute atomic E-state index is 10.7. The third kappa shape index (κ3) is 1.66.